The van der Waals surface area contributed by atoms with Gasteiger partial charge in [0.2, 0.25) is 0 Å². The first-order valence-corrected chi connectivity index (χ1v) is 4.02. The fourth-order valence-corrected chi connectivity index (χ4v) is 0.816. The van der Waals surface area contributed by atoms with Gasteiger partial charge in [-0.2, -0.15) is 0 Å². The number of methoxy groups -OCH3 is 2. The van der Waals surface area contributed by atoms with E-state index >= 15 is 0 Å². The molecule has 0 N–H and O–H groups in total. The molecule has 0 saturated heterocycles. The number of ether oxygens (including phenoxy) is 2. The molecule has 0 rings (SSSR count). The lowest BCUT2D eigenvalue weighted by Gasteiger charge is -2.17. The van der Waals surface area contributed by atoms with Crippen molar-refractivity contribution in [3.05, 3.63) is 0 Å². The number of rotatable bonds is 6. The van der Waals surface area contributed by atoms with Crippen molar-refractivity contribution in [2.75, 3.05) is 40.5 Å². The van der Waals surface area contributed by atoms with Crippen LogP contribution < -0.4 is 0 Å². The molecular formula is C8H17NO3. The van der Waals surface area contributed by atoms with E-state index in [-0.39, 0.29) is 5.97 Å². The summed E-state index contributed by atoms with van der Waals surface area (Å²) < 4.78 is 9.44. The van der Waals surface area contributed by atoms with Crippen LogP contribution in [0.4, 0.5) is 0 Å². The van der Waals surface area contributed by atoms with Crippen molar-refractivity contribution in [2.45, 2.75) is 6.92 Å². The Morgan fingerprint density at radius 2 is 2.08 bits per heavy atom. The zero-order valence-electron chi connectivity index (χ0n) is 8.00. The number of likely N-dealkylation sites (N-methyl/N-ethyl adjacent to an activating group) is 1. The summed E-state index contributed by atoms with van der Waals surface area (Å²) in [6.45, 7) is 4.58. The summed E-state index contributed by atoms with van der Waals surface area (Å²) in [4.78, 5) is 12.8. The van der Waals surface area contributed by atoms with Gasteiger partial charge < -0.3 is 9.47 Å². The summed E-state index contributed by atoms with van der Waals surface area (Å²) in [6, 6.07) is 0. The van der Waals surface area contributed by atoms with Crippen LogP contribution in [-0.4, -0.2) is 51.3 Å². The van der Waals surface area contributed by atoms with Crippen molar-refractivity contribution in [1.29, 1.82) is 0 Å². The summed E-state index contributed by atoms with van der Waals surface area (Å²) in [6.07, 6.45) is 0. The van der Waals surface area contributed by atoms with Crippen LogP contribution >= 0.6 is 0 Å². The van der Waals surface area contributed by atoms with E-state index in [1.165, 1.54) is 7.11 Å². The number of hydrogen-bond donors (Lipinski definition) is 0. The number of carbonyl (C=O) groups is 1. The molecule has 0 fully saturated rings. The van der Waals surface area contributed by atoms with E-state index in [0.29, 0.717) is 13.2 Å². The first kappa shape index (κ1) is 11.4. The summed E-state index contributed by atoms with van der Waals surface area (Å²) in [5.74, 6) is -0.201. The van der Waals surface area contributed by atoms with E-state index < -0.39 is 0 Å². The molecule has 0 aromatic heterocycles. The molecule has 4 nitrogen and oxygen atoms in total. The molecule has 0 aliphatic rings. The first-order valence-electron chi connectivity index (χ1n) is 4.02. The molecule has 0 aromatic rings. The maximum Gasteiger partial charge on any atom is 0.319 e. The molecule has 4 heteroatoms. The van der Waals surface area contributed by atoms with Crippen molar-refractivity contribution in [2.24, 2.45) is 0 Å². The molecule has 0 atom stereocenters. The average molecular weight is 175 g/mol. The highest BCUT2D eigenvalue weighted by atomic mass is 16.5. The van der Waals surface area contributed by atoms with Crippen molar-refractivity contribution in [3.8, 4) is 0 Å². The smallest absolute Gasteiger partial charge is 0.319 e. The number of esters is 1. The lowest BCUT2D eigenvalue weighted by molar-refractivity contribution is -0.142. The van der Waals surface area contributed by atoms with Crippen LogP contribution in [0, 0.1) is 0 Å². The van der Waals surface area contributed by atoms with E-state index in [1.54, 1.807) is 7.11 Å². The number of nitrogens with zero attached hydrogens (tertiary/aromatic N) is 1. The van der Waals surface area contributed by atoms with Crippen LogP contribution in [-0.2, 0) is 14.3 Å². The Morgan fingerprint density at radius 3 is 2.50 bits per heavy atom. The zero-order valence-corrected chi connectivity index (χ0v) is 8.00. The van der Waals surface area contributed by atoms with Gasteiger partial charge in [-0.3, -0.25) is 9.69 Å². The minimum Gasteiger partial charge on any atom is -0.468 e. The minimum atomic E-state index is -0.201. The van der Waals surface area contributed by atoms with Gasteiger partial charge in [0.15, 0.2) is 0 Å². The predicted molar refractivity (Wildman–Crippen MR) is 46.0 cm³/mol. The molecular weight excluding hydrogens is 158 g/mol. The summed E-state index contributed by atoms with van der Waals surface area (Å²) in [5.41, 5.74) is 0. The van der Waals surface area contributed by atoms with Gasteiger partial charge in [0.1, 0.15) is 0 Å². The second-order valence-electron chi connectivity index (χ2n) is 2.44. The summed E-state index contributed by atoms with van der Waals surface area (Å²) in [7, 11) is 3.04. The second-order valence-corrected chi connectivity index (χ2v) is 2.44. The van der Waals surface area contributed by atoms with Crippen LogP contribution in [0.25, 0.3) is 0 Å². The zero-order chi connectivity index (χ0) is 9.40. The van der Waals surface area contributed by atoms with Gasteiger partial charge in [0, 0.05) is 13.7 Å². The number of hydrogen-bond acceptors (Lipinski definition) is 4. The molecule has 72 valence electrons. The monoisotopic (exact) mass is 175 g/mol. The van der Waals surface area contributed by atoms with E-state index in [2.05, 4.69) is 4.74 Å². The fourth-order valence-electron chi connectivity index (χ4n) is 0.816. The second kappa shape index (κ2) is 7.06. The van der Waals surface area contributed by atoms with Gasteiger partial charge in [-0.1, -0.05) is 6.92 Å². The Bertz CT molecular complexity index is 127. The minimum absolute atomic E-state index is 0.201. The largest absolute Gasteiger partial charge is 0.468 e. The van der Waals surface area contributed by atoms with Gasteiger partial charge in [-0.15, -0.1) is 0 Å². The fraction of sp³-hybridized carbons (Fsp3) is 0.875. The lowest BCUT2D eigenvalue weighted by atomic mass is 10.4. The van der Waals surface area contributed by atoms with E-state index in [1.807, 2.05) is 11.8 Å². The third-order valence-corrected chi connectivity index (χ3v) is 1.64. The van der Waals surface area contributed by atoms with Gasteiger partial charge in [0.05, 0.1) is 20.3 Å². The SMILES string of the molecule is CCN(CCOC)CC(=O)OC. The molecule has 0 heterocycles. The summed E-state index contributed by atoms with van der Waals surface area (Å²) >= 11 is 0. The molecule has 0 amide bonds. The lowest BCUT2D eigenvalue weighted by Crippen LogP contribution is -2.33. The highest BCUT2D eigenvalue weighted by Crippen LogP contribution is 1.88. The Hall–Kier alpha value is -0.610. The molecule has 0 radical (unpaired) electrons. The van der Waals surface area contributed by atoms with Gasteiger partial charge in [0.25, 0.3) is 0 Å². The maximum atomic E-state index is 10.8. The molecule has 0 saturated carbocycles. The average Bonchev–Trinajstić information content (AvgIpc) is 2.11. The van der Waals surface area contributed by atoms with Gasteiger partial charge in [-0.05, 0) is 6.54 Å². The standard InChI is InChI=1S/C8H17NO3/c1-4-9(5-6-11-2)7-8(10)12-3/h4-7H2,1-3H3. The molecule has 0 aromatic carbocycles. The summed E-state index contributed by atoms with van der Waals surface area (Å²) in [5, 5.41) is 0. The van der Waals surface area contributed by atoms with Crippen molar-refractivity contribution in [1.82, 2.24) is 4.90 Å². The Morgan fingerprint density at radius 1 is 1.42 bits per heavy atom. The highest BCUT2D eigenvalue weighted by molar-refractivity contribution is 5.71. The molecule has 0 aliphatic heterocycles. The van der Waals surface area contributed by atoms with Gasteiger partial charge in [-0.25, -0.2) is 0 Å². The molecule has 0 unspecified atom stereocenters. The molecule has 0 spiro atoms. The highest BCUT2D eigenvalue weighted by Gasteiger charge is 2.07. The van der Waals surface area contributed by atoms with Crippen molar-refractivity contribution < 1.29 is 14.3 Å². The number of carbonyl (C=O) groups excluding carboxylic acids is 1. The molecule has 0 aliphatic carbocycles. The Balaban J connectivity index is 3.59. The third-order valence-electron chi connectivity index (χ3n) is 1.64. The molecule has 12 heavy (non-hydrogen) atoms. The normalized spacial score (nSPS) is 10.3. The third kappa shape index (κ3) is 5.09. The maximum absolute atomic E-state index is 10.8. The topological polar surface area (TPSA) is 38.8 Å². The van der Waals surface area contributed by atoms with Crippen molar-refractivity contribution in [3.63, 3.8) is 0 Å². The van der Waals surface area contributed by atoms with E-state index in [0.717, 1.165) is 13.1 Å². The predicted octanol–water partition coefficient (Wildman–Crippen LogP) is 0.128. The van der Waals surface area contributed by atoms with Gasteiger partial charge >= 0.3 is 5.97 Å². The first-order chi connectivity index (χ1) is 5.74. The van der Waals surface area contributed by atoms with Crippen LogP contribution in [0.1, 0.15) is 6.92 Å². The van der Waals surface area contributed by atoms with Crippen molar-refractivity contribution >= 4 is 5.97 Å². The quantitative estimate of drug-likeness (QED) is 0.538. The molecule has 0 bridgehead atoms. The van der Waals surface area contributed by atoms with Crippen LogP contribution in [0.2, 0.25) is 0 Å². The van der Waals surface area contributed by atoms with E-state index in [4.69, 9.17) is 4.74 Å². The van der Waals surface area contributed by atoms with Crippen LogP contribution in [0.15, 0.2) is 0 Å². The Kier molecular flexibility index (Phi) is 6.70. The van der Waals surface area contributed by atoms with Crippen LogP contribution in [0.3, 0.4) is 0 Å². The van der Waals surface area contributed by atoms with E-state index in [9.17, 15) is 4.79 Å². The Labute approximate surface area is 73.4 Å². The van der Waals surface area contributed by atoms with Crippen LogP contribution in [0.5, 0.6) is 0 Å².